The molecule has 1 fully saturated rings. The first-order valence-corrected chi connectivity index (χ1v) is 6.36. The molecule has 0 saturated carbocycles. The number of hydrogen-bond acceptors (Lipinski definition) is 3. The smallest absolute Gasteiger partial charge is 0.252 e. The molecule has 1 aromatic rings. The molecule has 1 unspecified atom stereocenters. The number of halogens is 1. The van der Waals surface area contributed by atoms with Gasteiger partial charge in [0.1, 0.15) is 6.04 Å². The minimum Gasteiger partial charge on any atom is -0.373 e. The van der Waals surface area contributed by atoms with Crippen molar-refractivity contribution in [2.75, 3.05) is 11.9 Å². The normalized spacial score (nSPS) is 19.4. The second kappa shape index (κ2) is 5.40. The topological polar surface area (TPSA) is 49.4 Å². The van der Waals surface area contributed by atoms with Crippen molar-refractivity contribution >= 4 is 29.1 Å². The molecule has 1 saturated heterocycles. The summed E-state index contributed by atoms with van der Waals surface area (Å²) in [5.74, 6) is -0.245. The number of nitrogens with zero attached hydrogens (tertiary/aromatic N) is 1. The quantitative estimate of drug-likeness (QED) is 0.851. The Hall–Kier alpha value is -1.55. The molecule has 0 radical (unpaired) electrons. The Labute approximate surface area is 111 Å². The summed E-state index contributed by atoms with van der Waals surface area (Å²) in [5.41, 5.74) is 0.795. The van der Waals surface area contributed by atoms with Crippen LogP contribution in [0.1, 0.15) is 19.8 Å². The van der Waals surface area contributed by atoms with Gasteiger partial charge in [0.25, 0.3) is 5.91 Å². The predicted molar refractivity (Wildman–Crippen MR) is 70.5 cm³/mol. The average molecular weight is 267 g/mol. The lowest BCUT2D eigenvalue weighted by molar-refractivity contribution is -0.138. The van der Waals surface area contributed by atoms with E-state index in [9.17, 15) is 9.59 Å². The molecule has 1 atom stereocenters. The summed E-state index contributed by atoms with van der Waals surface area (Å²) in [6, 6.07) is 6.62. The number of imide groups is 1. The van der Waals surface area contributed by atoms with Gasteiger partial charge in [0.15, 0.2) is 0 Å². The fraction of sp³-hybridized carbons (Fsp3) is 0.385. The van der Waals surface area contributed by atoms with Crippen molar-refractivity contribution in [1.29, 1.82) is 0 Å². The Balaban J connectivity index is 2.05. The highest BCUT2D eigenvalue weighted by atomic mass is 35.5. The summed E-state index contributed by atoms with van der Waals surface area (Å²) in [7, 11) is 0. The van der Waals surface area contributed by atoms with E-state index in [0.29, 0.717) is 11.6 Å². The van der Waals surface area contributed by atoms with E-state index >= 15 is 0 Å². The second-order valence-corrected chi connectivity index (χ2v) is 4.73. The van der Waals surface area contributed by atoms with Gasteiger partial charge < -0.3 is 5.32 Å². The summed E-state index contributed by atoms with van der Waals surface area (Å²) in [4.78, 5) is 25.0. The number of likely N-dealkylation sites (tertiary alicyclic amines) is 1. The Kier molecular flexibility index (Phi) is 3.87. The monoisotopic (exact) mass is 266 g/mol. The fourth-order valence-corrected chi connectivity index (χ4v) is 2.13. The Morgan fingerprint density at radius 3 is 2.61 bits per heavy atom. The van der Waals surface area contributed by atoms with Crippen molar-refractivity contribution in [3.8, 4) is 0 Å². The molecule has 1 aliphatic rings. The van der Waals surface area contributed by atoms with Crippen LogP contribution < -0.4 is 5.32 Å². The van der Waals surface area contributed by atoms with Gasteiger partial charge in [-0.05, 0) is 30.7 Å². The zero-order valence-corrected chi connectivity index (χ0v) is 10.9. The number of nitrogens with one attached hydrogen (secondary N) is 1. The Morgan fingerprint density at radius 1 is 1.33 bits per heavy atom. The van der Waals surface area contributed by atoms with Crippen molar-refractivity contribution in [2.45, 2.75) is 25.8 Å². The first-order valence-electron chi connectivity index (χ1n) is 5.98. The van der Waals surface area contributed by atoms with Gasteiger partial charge >= 0.3 is 0 Å². The fourth-order valence-electron chi connectivity index (χ4n) is 2.00. The van der Waals surface area contributed by atoms with Gasteiger partial charge in [-0.15, -0.1) is 0 Å². The van der Waals surface area contributed by atoms with Crippen molar-refractivity contribution in [3.63, 3.8) is 0 Å². The maximum atomic E-state index is 12.0. The van der Waals surface area contributed by atoms with E-state index in [0.717, 1.165) is 12.1 Å². The van der Waals surface area contributed by atoms with Crippen molar-refractivity contribution in [2.24, 2.45) is 0 Å². The van der Waals surface area contributed by atoms with Crippen LogP contribution in [0.15, 0.2) is 24.3 Å². The van der Waals surface area contributed by atoms with Gasteiger partial charge in [-0.1, -0.05) is 18.5 Å². The molecule has 0 bridgehead atoms. The zero-order valence-electron chi connectivity index (χ0n) is 10.1. The maximum absolute atomic E-state index is 12.0. The van der Waals surface area contributed by atoms with E-state index in [1.807, 2.05) is 6.92 Å². The highest BCUT2D eigenvalue weighted by Crippen LogP contribution is 2.20. The van der Waals surface area contributed by atoms with Crippen LogP contribution in [0.4, 0.5) is 5.69 Å². The summed E-state index contributed by atoms with van der Waals surface area (Å²) in [6.45, 7) is 2.44. The maximum Gasteiger partial charge on any atom is 0.252 e. The van der Waals surface area contributed by atoms with Gasteiger partial charge in [0.2, 0.25) is 5.91 Å². The van der Waals surface area contributed by atoms with Gasteiger partial charge in [0.05, 0.1) is 6.42 Å². The third kappa shape index (κ3) is 2.64. The van der Waals surface area contributed by atoms with Crippen LogP contribution in [0, 0.1) is 0 Å². The van der Waals surface area contributed by atoms with E-state index in [2.05, 4.69) is 5.32 Å². The number of anilines is 1. The summed E-state index contributed by atoms with van der Waals surface area (Å²) < 4.78 is 0. The van der Waals surface area contributed by atoms with E-state index in [1.54, 1.807) is 24.3 Å². The molecule has 0 aromatic heterocycles. The Bertz CT molecular complexity index is 459. The molecule has 2 rings (SSSR count). The summed E-state index contributed by atoms with van der Waals surface area (Å²) >= 11 is 5.79. The molecule has 18 heavy (non-hydrogen) atoms. The van der Waals surface area contributed by atoms with E-state index in [4.69, 9.17) is 11.6 Å². The standard InChI is InChI=1S/C13H15ClN2O2/c1-2-7-16-12(17)8-11(13(16)18)15-10-5-3-9(14)4-6-10/h3-6,11,15H,2,7-8H2,1H3. The van der Waals surface area contributed by atoms with E-state index < -0.39 is 6.04 Å². The number of carbonyl (C=O) groups excluding carboxylic acids is 2. The van der Waals surface area contributed by atoms with Crippen molar-refractivity contribution in [1.82, 2.24) is 4.90 Å². The summed E-state index contributed by atoms with van der Waals surface area (Å²) in [6.07, 6.45) is 1.01. The molecular weight excluding hydrogens is 252 g/mol. The number of carbonyl (C=O) groups is 2. The summed E-state index contributed by atoms with van der Waals surface area (Å²) in [5, 5.41) is 3.71. The molecule has 0 spiro atoms. The van der Waals surface area contributed by atoms with Crippen molar-refractivity contribution < 1.29 is 9.59 Å². The van der Waals surface area contributed by atoms with Gasteiger partial charge in [-0.2, -0.15) is 0 Å². The molecule has 5 heteroatoms. The number of benzene rings is 1. The first-order chi connectivity index (χ1) is 8.61. The third-order valence-corrected chi connectivity index (χ3v) is 3.13. The largest absolute Gasteiger partial charge is 0.373 e. The second-order valence-electron chi connectivity index (χ2n) is 4.29. The number of amides is 2. The van der Waals surface area contributed by atoms with E-state index in [1.165, 1.54) is 4.90 Å². The van der Waals surface area contributed by atoms with E-state index in [-0.39, 0.29) is 18.2 Å². The molecular formula is C13H15ClN2O2. The first kappa shape index (κ1) is 12.9. The molecule has 1 N–H and O–H groups in total. The lowest BCUT2D eigenvalue weighted by Crippen LogP contribution is -2.35. The van der Waals surface area contributed by atoms with Crippen LogP contribution >= 0.6 is 11.6 Å². The molecule has 1 aliphatic heterocycles. The van der Waals surface area contributed by atoms with Crippen LogP contribution in [-0.2, 0) is 9.59 Å². The van der Waals surface area contributed by atoms with Crippen LogP contribution in [0.3, 0.4) is 0 Å². The molecule has 0 aliphatic carbocycles. The van der Waals surface area contributed by atoms with Crippen LogP contribution in [0.2, 0.25) is 5.02 Å². The lowest BCUT2D eigenvalue weighted by atomic mass is 10.2. The highest BCUT2D eigenvalue weighted by molar-refractivity contribution is 6.30. The highest BCUT2D eigenvalue weighted by Gasteiger charge is 2.37. The molecule has 4 nitrogen and oxygen atoms in total. The average Bonchev–Trinajstić information content (AvgIpc) is 2.60. The molecule has 96 valence electrons. The van der Waals surface area contributed by atoms with Gasteiger partial charge in [-0.3, -0.25) is 14.5 Å². The SMILES string of the molecule is CCCN1C(=O)CC(Nc2ccc(Cl)cc2)C1=O. The lowest BCUT2D eigenvalue weighted by Gasteiger charge is -2.15. The van der Waals surface area contributed by atoms with Crippen LogP contribution in [-0.4, -0.2) is 29.3 Å². The molecule has 1 heterocycles. The minimum atomic E-state index is -0.453. The van der Waals surface area contributed by atoms with Gasteiger partial charge in [-0.25, -0.2) is 0 Å². The van der Waals surface area contributed by atoms with Crippen molar-refractivity contribution in [3.05, 3.63) is 29.3 Å². The number of rotatable bonds is 4. The van der Waals surface area contributed by atoms with Gasteiger partial charge in [0, 0.05) is 17.3 Å². The zero-order chi connectivity index (χ0) is 13.1. The third-order valence-electron chi connectivity index (χ3n) is 2.88. The molecule has 1 aromatic carbocycles. The number of hydrogen-bond donors (Lipinski definition) is 1. The Morgan fingerprint density at radius 2 is 2.00 bits per heavy atom. The van der Waals surface area contributed by atoms with Crippen LogP contribution in [0.25, 0.3) is 0 Å². The van der Waals surface area contributed by atoms with Crippen LogP contribution in [0.5, 0.6) is 0 Å². The predicted octanol–water partition coefficient (Wildman–Crippen LogP) is 2.29. The minimum absolute atomic E-state index is 0.103. The molecule has 2 amide bonds.